The Balaban J connectivity index is 1.48. The Morgan fingerprint density at radius 3 is 2.48 bits per heavy atom. The zero-order chi connectivity index (χ0) is 14.4. The lowest BCUT2D eigenvalue weighted by Crippen LogP contribution is -2.49. The highest BCUT2D eigenvalue weighted by atomic mass is 16.2. The first-order chi connectivity index (χ1) is 10.2. The maximum absolute atomic E-state index is 12.0. The van der Waals surface area contributed by atoms with Crippen molar-refractivity contribution >= 4 is 22.6 Å². The predicted octanol–water partition coefficient (Wildman–Crippen LogP) is 0.915. The van der Waals surface area contributed by atoms with Gasteiger partial charge < -0.3 is 19.8 Å². The number of H-pyrrole nitrogens is 2. The van der Waals surface area contributed by atoms with Crippen LogP contribution in [0.5, 0.6) is 0 Å². The maximum Gasteiger partial charge on any atom is 0.323 e. The third-order valence-corrected chi connectivity index (χ3v) is 4.38. The highest BCUT2D eigenvalue weighted by Crippen LogP contribution is 2.31. The van der Waals surface area contributed by atoms with Crippen LogP contribution in [0.4, 0.5) is 5.69 Å². The van der Waals surface area contributed by atoms with E-state index >= 15 is 0 Å². The summed E-state index contributed by atoms with van der Waals surface area (Å²) in [6, 6.07) is 5.93. The van der Waals surface area contributed by atoms with E-state index in [1.165, 1.54) is 0 Å². The van der Waals surface area contributed by atoms with Gasteiger partial charge in [0.25, 0.3) is 0 Å². The van der Waals surface area contributed by atoms with Gasteiger partial charge >= 0.3 is 5.69 Å². The van der Waals surface area contributed by atoms with Gasteiger partial charge in [0.05, 0.1) is 11.0 Å². The van der Waals surface area contributed by atoms with Gasteiger partial charge in [-0.3, -0.25) is 4.79 Å². The summed E-state index contributed by atoms with van der Waals surface area (Å²) in [5.41, 5.74) is 2.57. The minimum Gasteiger partial charge on any atom is -0.368 e. The summed E-state index contributed by atoms with van der Waals surface area (Å²) < 4.78 is 0. The molecular weight excluding hydrogens is 268 g/mol. The van der Waals surface area contributed by atoms with Crippen LogP contribution in [0.1, 0.15) is 12.8 Å². The highest BCUT2D eigenvalue weighted by molar-refractivity contribution is 5.82. The highest BCUT2D eigenvalue weighted by Gasteiger charge is 2.34. The van der Waals surface area contributed by atoms with E-state index in [4.69, 9.17) is 0 Å². The fraction of sp³-hybridized carbons (Fsp3) is 0.467. The fourth-order valence-electron chi connectivity index (χ4n) is 2.99. The second-order valence-corrected chi connectivity index (χ2v) is 5.90. The number of carbonyl (C=O) groups excluding carboxylic acids is 1. The molecule has 110 valence electrons. The summed E-state index contributed by atoms with van der Waals surface area (Å²) in [5, 5.41) is 0. The number of amides is 1. The first kappa shape index (κ1) is 12.5. The molecule has 1 saturated heterocycles. The van der Waals surface area contributed by atoms with E-state index in [0.717, 1.165) is 55.7 Å². The van der Waals surface area contributed by atoms with Gasteiger partial charge in [-0.2, -0.15) is 0 Å². The van der Waals surface area contributed by atoms with E-state index in [0.29, 0.717) is 11.8 Å². The molecule has 0 spiro atoms. The molecule has 0 radical (unpaired) electrons. The Hall–Kier alpha value is -2.24. The van der Waals surface area contributed by atoms with Crippen LogP contribution >= 0.6 is 0 Å². The van der Waals surface area contributed by atoms with Crippen molar-refractivity contribution in [1.82, 2.24) is 14.9 Å². The number of nitrogens with one attached hydrogen (secondary N) is 2. The van der Waals surface area contributed by atoms with Crippen LogP contribution < -0.4 is 10.6 Å². The number of piperazine rings is 1. The average molecular weight is 286 g/mol. The summed E-state index contributed by atoms with van der Waals surface area (Å²) in [6.07, 6.45) is 2.13. The Labute approximate surface area is 121 Å². The van der Waals surface area contributed by atoms with Gasteiger partial charge in [0, 0.05) is 37.8 Å². The molecule has 0 bridgehead atoms. The molecule has 0 atom stereocenters. The number of rotatable bonds is 2. The summed E-state index contributed by atoms with van der Waals surface area (Å²) in [7, 11) is 0. The molecule has 21 heavy (non-hydrogen) atoms. The van der Waals surface area contributed by atoms with Gasteiger partial charge in [0.2, 0.25) is 5.91 Å². The standard InChI is InChI=1S/C15H18N4O2/c20-14(10-1-2-10)19-7-5-18(6-8-19)11-3-4-12-13(9-11)17-15(21)16-12/h3-4,9-10H,1-2,5-8H2,(H2,16,17,21). The van der Waals surface area contributed by atoms with Gasteiger partial charge in [-0.15, -0.1) is 0 Å². The van der Waals surface area contributed by atoms with E-state index in [2.05, 4.69) is 14.9 Å². The molecule has 0 unspecified atom stereocenters. The van der Waals surface area contributed by atoms with E-state index in [1.807, 2.05) is 23.1 Å². The van der Waals surface area contributed by atoms with Gasteiger partial charge in [-0.25, -0.2) is 4.79 Å². The molecule has 1 aliphatic carbocycles. The van der Waals surface area contributed by atoms with Crippen molar-refractivity contribution in [3.05, 3.63) is 28.7 Å². The zero-order valence-electron chi connectivity index (χ0n) is 11.8. The molecule has 2 N–H and O–H groups in total. The van der Waals surface area contributed by atoms with Crippen molar-refractivity contribution < 1.29 is 4.79 Å². The van der Waals surface area contributed by atoms with Gasteiger partial charge in [0.1, 0.15) is 0 Å². The number of aromatic nitrogens is 2. The zero-order valence-corrected chi connectivity index (χ0v) is 11.8. The van der Waals surface area contributed by atoms with E-state index in [9.17, 15) is 9.59 Å². The van der Waals surface area contributed by atoms with Crippen LogP contribution in [0.3, 0.4) is 0 Å². The Kier molecular flexibility index (Phi) is 2.77. The van der Waals surface area contributed by atoms with Gasteiger partial charge in [0.15, 0.2) is 0 Å². The molecule has 1 saturated carbocycles. The normalized spacial score (nSPS) is 19.2. The second-order valence-electron chi connectivity index (χ2n) is 5.90. The monoisotopic (exact) mass is 286 g/mol. The van der Waals surface area contributed by atoms with Crippen molar-refractivity contribution in [2.75, 3.05) is 31.1 Å². The number of aromatic amines is 2. The summed E-state index contributed by atoms with van der Waals surface area (Å²) >= 11 is 0. The maximum atomic E-state index is 12.0. The van der Waals surface area contributed by atoms with Crippen LogP contribution in [0.2, 0.25) is 0 Å². The molecule has 2 fully saturated rings. The van der Waals surface area contributed by atoms with Crippen LogP contribution in [-0.2, 0) is 4.79 Å². The number of hydrogen-bond acceptors (Lipinski definition) is 3. The van der Waals surface area contributed by atoms with Gasteiger partial charge in [-0.1, -0.05) is 0 Å². The Bertz CT molecular complexity index is 735. The fourth-order valence-corrected chi connectivity index (χ4v) is 2.99. The molecule has 1 aromatic heterocycles. The van der Waals surface area contributed by atoms with Crippen molar-refractivity contribution in [1.29, 1.82) is 0 Å². The quantitative estimate of drug-likeness (QED) is 0.862. The largest absolute Gasteiger partial charge is 0.368 e. The van der Waals surface area contributed by atoms with E-state index < -0.39 is 0 Å². The number of anilines is 1. The lowest BCUT2D eigenvalue weighted by Gasteiger charge is -2.36. The predicted molar refractivity (Wildman–Crippen MR) is 80.4 cm³/mol. The van der Waals surface area contributed by atoms with Crippen LogP contribution in [0.25, 0.3) is 11.0 Å². The molecule has 1 aromatic carbocycles. The lowest BCUT2D eigenvalue weighted by atomic mass is 10.2. The molecular formula is C15H18N4O2. The molecule has 2 aliphatic rings. The number of imidazole rings is 1. The first-order valence-corrected chi connectivity index (χ1v) is 7.46. The van der Waals surface area contributed by atoms with E-state index in [-0.39, 0.29) is 5.69 Å². The number of carbonyl (C=O) groups is 1. The molecule has 6 nitrogen and oxygen atoms in total. The number of benzene rings is 1. The van der Waals surface area contributed by atoms with E-state index in [1.54, 1.807) is 0 Å². The molecule has 1 aliphatic heterocycles. The minimum absolute atomic E-state index is 0.179. The van der Waals surface area contributed by atoms with Crippen LogP contribution in [-0.4, -0.2) is 47.0 Å². The Morgan fingerprint density at radius 1 is 1.05 bits per heavy atom. The molecule has 2 aromatic rings. The molecule has 4 rings (SSSR count). The Morgan fingerprint density at radius 2 is 1.76 bits per heavy atom. The lowest BCUT2D eigenvalue weighted by molar-refractivity contribution is -0.132. The minimum atomic E-state index is -0.179. The van der Waals surface area contributed by atoms with Gasteiger partial charge in [-0.05, 0) is 31.0 Å². The summed E-state index contributed by atoms with van der Waals surface area (Å²) in [5.74, 6) is 0.637. The molecule has 2 heterocycles. The second kappa shape index (κ2) is 4.65. The summed E-state index contributed by atoms with van der Waals surface area (Å²) in [6.45, 7) is 3.27. The number of fused-ring (bicyclic) bond motifs is 1. The first-order valence-electron chi connectivity index (χ1n) is 7.46. The van der Waals surface area contributed by atoms with Crippen molar-refractivity contribution in [2.45, 2.75) is 12.8 Å². The topological polar surface area (TPSA) is 72.2 Å². The van der Waals surface area contributed by atoms with Crippen LogP contribution in [0, 0.1) is 5.92 Å². The SMILES string of the molecule is O=C(C1CC1)N1CCN(c2ccc3[nH]c(=O)[nH]c3c2)CC1. The average Bonchev–Trinajstić information content (AvgIpc) is 3.27. The van der Waals surface area contributed by atoms with Crippen molar-refractivity contribution in [3.8, 4) is 0 Å². The third kappa shape index (κ3) is 2.30. The van der Waals surface area contributed by atoms with Crippen molar-refractivity contribution in [3.63, 3.8) is 0 Å². The number of hydrogen-bond donors (Lipinski definition) is 2. The smallest absolute Gasteiger partial charge is 0.323 e. The summed E-state index contributed by atoms with van der Waals surface area (Å²) in [4.78, 5) is 33.1. The number of nitrogens with zero attached hydrogens (tertiary/aromatic N) is 2. The third-order valence-electron chi connectivity index (χ3n) is 4.38. The van der Waals surface area contributed by atoms with Crippen molar-refractivity contribution in [2.24, 2.45) is 5.92 Å². The molecule has 1 amide bonds. The van der Waals surface area contributed by atoms with Crippen LogP contribution in [0.15, 0.2) is 23.0 Å². The molecule has 6 heteroatoms.